The van der Waals surface area contributed by atoms with Gasteiger partial charge in [0.15, 0.2) is 0 Å². The number of thiophene rings is 2. The van der Waals surface area contributed by atoms with Gasteiger partial charge in [-0.15, -0.1) is 22.7 Å². The summed E-state index contributed by atoms with van der Waals surface area (Å²) in [6, 6.07) is 32.6. The molecule has 0 aliphatic carbocycles. The van der Waals surface area contributed by atoms with E-state index in [1.165, 1.54) is 28.2 Å². The van der Waals surface area contributed by atoms with Gasteiger partial charge in [0, 0.05) is 61.7 Å². The average Bonchev–Trinajstić information content (AvgIpc) is 4.06. The highest BCUT2D eigenvalue weighted by Crippen LogP contribution is 2.29. The van der Waals surface area contributed by atoms with Gasteiger partial charge in [0.05, 0.1) is 36.1 Å². The lowest BCUT2D eigenvalue weighted by atomic mass is 10.1. The molecule has 0 saturated heterocycles. The third-order valence-corrected chi connectivity index (χ3v) is 14.1. The van der Waals surface area contributed by atoms with Crippen molar-refractivity contribution < 1.29 is 0 Å². The molecule has 0 saturated carbocycles. The third kappa shape index (κ3) is 14.2. The summed E-state index contributed by atoms with van der Waals surface area (Å²) < 4.78 is 5.55. The first-order chi connectivity index (χ1) is 33.6. The number of rotatable bonds is 20. The first-order valence-corrected chi connectivity index (χ1v) is 26.4. The van der Waals surface area contributed by atoms with Crippen molar-refractivity contribution in [2.75, 3.05) is 47.3 Å². The molecular weight excluding hydrogens is 965 g/mol. The molecule has 0 aliphatic rings. The number of aromatic nitrogens is 6. The fourth-order valence-corrected chi connectivity index (χ4v) is 10.1. The molecule has 0 fully saturated rings. The maximum absolute atomic E-state index is 13.6. The van der Waals surface area contributed by atoms with E-state index in [1.54, 1.807) is 0 Å². The zero-order valence-electron chi connectivity index (χ0n) is 41.3. The van der Waals surface area contributed by atoms with Gasteiger partial charge in [0.1, 0.15) is 27.0 Å². The molecule has 8 aromatic rings. The highest BCUT2D eigenvalue weighted by molar-refractivity contribution is 9.10. The van der Waals surface area contributed by atoms with Crippen LogP contribution in [0.5, 0.6) is 0 Å². The quantitative estimate of drug-likeness (QED) is 0.0791. The van der Waals surface area contributed by atoms with Crippen LogP contribution >= 0.6 is 38.6 Å². The Balaban J connectivity index is 0.000000219. The van der Waals surface area contributed by atoms with Crippen molar-refractivity contribution in [1.82, 2.24) is 49.1 Å². The minimum atomic E-state index is -0.0254. The summed E-state index contributed by atoms with van der Waals surface area (Å²) in [4.78, 5) is 53.8. The second kappa shape index (κ2) is 26.6. The van der Waals surface area contributed by atoms with Crippen molar-refractivity contribution in [3.8, 4) is 0 Å². The van der Waals surface area contributed by atoms with Crippen molar-refractivity contribution in [2.45, 2.75) is 85.7 Å². The number of benzene rings is 3. The van der Waals surface area contributed by atoms with Crippen molar-refractivity contribution in [3.05, 3.63) is 185 Å². The van der Waals surface area contributed by atoms with Crippen LogP contribution in [0.4, 0.5) is 0 Å². The maximum Gasteiger partial charge on any atom is 0.271 e. The van der Waals surface area contributed by atoms with E-state index in [-0.39, 0.29) is 23.2 Å². The fraction of sp³-hybridized carbons (Fsp3) is 0.370. The van der Waals surface area contributed by atoms with Gasteiger partial charge in [-0.3, -0.25) is 28.5 Å². The van der Waals surface area contributed by atoms with E-state index in [9.17, 15) is 9.59 Å². The fourth-order valence-electron chi connectivity index (χ4n) is 8.31. The molecule has 69 heavy (non-hydrogen) atoms. The number of hydrogen-bond donors (Lipinski definition) is 1. The van der Waals surface area contributed by atoms with E-state index >= 15 is 0 Å². The number of hydrogen-bond acceptors (Lipinski definition) is 12. The molecule has 364 valence electrons. The molecule has 0 bridgehead atoms. The van der Waals surface area contributed by atoms with E-state index in [0.717, 1.165) is 99.2 Å². The standard InChI is InChI=1S/C27H31BrN4OS.C25H30N6OS.C2H6/c1-4-24(31(16-15-30(2)3)18-21-10-12-22(28)13-11-21)26-29-23-14-17-34-25(23)27(33)32(26)19-20-8-6-5-7-9-20;1-4-22(30(12-11-26-3)16-20-14-27-18(2)28-15-20)23-29-24-21(10-13-33-24)25(32)31(23)17-19-8-6-5-7-9-19;1-2/h5-14,17,24H,4,15-16,18-19H2,1-3H3;5-10,13-15,22,26H,4,11-12,16-17H2,1-3H3;1-2H3. The minimum absolute atomic E-state index is 0.0179. The molecule has 8 rings (SSSR count). The third-order valence-electron chi connectivity index (χ3n) is 11.8. The summed E-state index contributed by atoms with van der Waals surface area (Å²) >= 11 is 6.53. The van der Waals surface area contributed by atoms with Gasteiger partial charge >= 0.3 is 0 Å². The maximum atomic E-state index is 13.6. The normalized spacial score (nSPS) is 12.3. The predicted molar refractivity (Wildman–Crippen MR) is 290 cm³/mol. The molecule has 3 aromatic carbocycles. The van der Waals surface area contributed by atoms with Gasteiger partial charge in [0.2, 0.25) is 0 Å². The van der Waals surface area contributed by atoms with Crippen molar-refractivity contribution >= 4 is 59.0 Å². The molecule has 0 spiro atoms. The van der Waals surface area contributed by atoms with Crippen LogP contribution in [0.2, 0.25) is 0 Å². The van der Waals surface area contributed by atoms with Crippen LogP contribution in [-0.2, 0) is 26.2 Å². The number of fused-ring (bicyclic) bond motifs is 2. The van der Waals surface area contributed by atoms with Crippen molar-refractivity contribution in [3.63, 3.8) is 0 Å². The van der Waals surface area contributed by atoms with Gasteiger partial charge in [-0.2, -0.15) is 0 Å². The largest absolute Gasteiger partial charge is 0.318 e. The van der Waals surface area contributed by atoms with E-state index in [1.807, 2.05) is 109 Å². The molecule has 0 amide bonds. The van der Waals surface area contributed by atoms with E-state index in [0.29, 0.717) is 25.0 Å². The summed E-state index contributed by atoms with van der Waals surface area (Å²) in [5.74, 6) is 2.41. The molecule has 1 N–H and O–H groups in total. The van der Waals surface area contributed by atoms with E-state index in [2.05, 4.69) is 122 Å². The second-order valence-electron chi connectivity index (χ2n) is 16.9. The Morgan fingerprint density at radius 1 is 0.652 bits per heavy atom. The van der Waals surface area contributed by atoms with Crippen LogP contribution in [0.3, 0.4) is 0 Å². The van der Waals surface area contributed by atoms with Crippen LogP contribution in [-0.4, -0.2) is 91.1 Å². The lowest BCUT2D eigenvalue weighted by molar-refractivity contribution is 0.156. The van der Waals surface area contributed by atoms with Crippen LogP contribution < -0.4 is 16.4 Å². The Labute approximate surface area is 423 Å². The van der Waals surface area contributed by atoms with Crippen LogP contribution in [0, 0.1) is 6.92 Å². The zero-order valence-corrected chi connectivity index (χ0v) is 44.5. The van der Waals surface area contributed by atoms with Gasteiger partial charge in [-0.25, -0.2) is 19.9 Å². The summed E-state index contributed by atoms with van der Waals surface area (Å²) in [6.45, 7) is 16.2. The number of halogens is 1. The smallest absolute Gasteiger partial charge is 0.271 e. The highest BCUT2D eigenvalue weighted by Gasteiger charge is 2.27. The number of aryl methyl sites for hydroxylation is 1. The minimum Gasteiger partial charge on any atom is -0.318 e. The molecule has 12 nitrogen and oxygen atoms in total. The molecule has 0 aliphatic heterocycles. The summed E-state index contributed by atoms with van der Waals surface area (Å²) in [6.07, 6.45) is 5.46. The molecule has 5 aromatic heterocycles. The summed E-state index contributed by atoms with van der Waals surface area (Å²) in [5, 5.41) is 7.84. The molecule has 5 heterocycles. The number of nitrogens with zero attached hydrogens (tertiary/aromatic N) is 9. The predicted octanol–water partition coefficient (Wildman–Crippen LogP) is 10.6. The van der Waals surface area contributed by atoms with E-state index < -0.39 is 0 Å². The molecule has 0 radical (unpaired) electrons. The van der Waals surface area contributed by atoms with Crippen molar-refractivity contribution in [2.24, 2.45) is 0 Å². The van der Waals surface area contributed by atoms with Gasteiger partial charge in [-0.05, 0) is 92.6 Å². The first-order valence-electron chi connectivity index (χ1n) is 23.9. The van der Waals surface area contributed by atoms with Gasteiger partial charge < -0.3 is 10.2 Å². The second-order valence-corrected chi connectivity index (χ2v) is 19.7. The Hall–Kier alpha value is -5.26. The Morgan fingerprint density at radius 3 is 1.78 bits per heavy atom. The first kappa shape index (κ1) is 53.1. The number of nitrogens with one attached hydrogen (secondary N) is 1. The Bertz CT molecular complexity index is 2900. The lowest BCUT2D eigenvalue weighted by Gasteiger charge is -2.33. The Kier molecular flexibility index (Phi) is 20.5. The zero-order chi connectivity index (χ0) is 49.3. The van der Waals surface area contributed by atoms with E-state index in [4.69, 9.17) is 9.97 Å². The SMILES string of the molecule is CC.CCC(c1nc2ccsc2c(=O)n1Cc1ccccc1)N(CCN(C)C)Cc1ccc(Br)cc1.CCC(c1nc2sccc2c(=O)n1Cc1ccccc1)N(CCNC)Cc1cnc(C)nc1. The molecule has 2 unspecified atom stereocenters. The molecule has 2 atom stereocenters. The molecule has 15 heteroatoms. The highest BCUT2D eigenvalue weighted by atomic mass is 79.9. The lowest BCUT2D eigenvalue weighted by Crippen LogP contribution is -2.38. The van der Waals surface area contributed by atoms with Gasteiger partial charge in [0.25, 0.3) is 11.1 Å². The number of likely N-dealkylation sites (N-methyl/N-ethyl adjacent to an activating group) is 2. The van der Waals surface area contributed by atoms with Crippen molar-refractivity contribution in [1.29, 1.82) is 0 Å². The topological polar surface area (TPSA) is 117 Å². The van der Waals surface area contributed by atoms with Crippen LogP contribution in [0.1, 0.15) is 92.3 Å². The Morgan fingerprint density at radius 2 is 1.20 bits per heavy atom. The van der Waals surface area contributed by atoms with Gasteiger partial charge in [-0.1, -0.05) is 116 Å². The monoisotopic (exact) mass is 1030 g/mol. The molecular formula is C54H67BrN10O2S2. The van der Waals surface area contributed by atoms with Crippen LogP contribution in [0.25, 0.3) is 20.4 Å². The van der Waals surface area contributed by atoms with Crippen LogP contribution in [0.15, 0.2) is 134 Å². The average molecular weight is 1030 g/mol. The summed E-state index contributed by atoms with van der Waals surface area (Å²) in [7, 11) is 6.15. The summed E-state index contributed by atoms with van der Waals surface area (Å²) in [5.41, 5.74) is 5.34.